The van der Waals surface area contributed by atoms with Gasteiger partial charge < -0.3 is 14.2 Å². The summed E-state index contributed by atoms with van der Waals surface area (Å²) in [5, 5.41) is 0. The highest BCUT2D eigenvalue weighted by Crippen LogP contribution is 2.17. The molecule has 6 nitrogen and oxygen atoms in total. The van der Waals surface area contributed by atoms with Crippen molar-refractivity contribution in [1.82, 2.24) is 0 Å². The van der Waals surface area contributed by atoms with E-state index in [1.807, 2.05) is 0 Å². The van der Waals surface area contributed by atoms with E-state index in [4.69, 9.17) is 14.2 Å². The zero-order valence-electron chi connectivity index (χ0n) is 50.5. The van der Waals surface area contributed by atoms with Crippen LogP contribution in [0.25, 0.3) is 0 Å². The molecule has 76 heavy (non-hydrogen) atoms. The zero-order valence-corrected chi connectivity index (χ0v) is 50.5. The van der Waals surface area contributed by atoms with Gasteiger partial charge in [0.05, 0.1) is 0 Å². The molecule has 0 radical (unpaired) electrons. The van der Waals surface area contributed by atoms with Gasteiger partial charge in [-0.3, -0.25) is 14.4 Å². The molecule has 0 rings (SSSR count). The summed E-state index contributed by atoms with van der Waals surface area (Å²) in [6.07, 6.45) is 83.7. The second-order valence-electron chi connectivity index (χ2n) is 22.0. The zero-order chi connectivity index (χ0) is 55.0. The van der Waals surface area contributed by atoms with Crippen LogP contribution in [-0.2, 0) is 28.6 Å². The standard InChI is InChI=1S/C70H124O6/c1-4-7-10-13-16-19-22-25-27-28-29-30-31-32-33-34-35-36-37-38-39-40-41-42-44-45-48-51-54-57-60-63-69(72)75-66-67(65-74-68(71)62-59-56-53-50-47-24-21-18-15-12-9-6-3)76-70(73)64-61-58-55-52-49-46-43-26-23-20-17-14-11-8-5-2/h8,11,17,20,22,25-26,28-29,43,49,52,67H,4-7,9-10,12-16,18-19,21,23-24,27,30-42,44-48,50-51,53-66H2,1-3H3/b11-8-,20-17-,25-22-,29-28-,43-26-,52-49-. The van der Waals surface area contributed by atoms with Crippen LogP contribution in [0.15, 0.2) is 72.9 Å². The van der Waals surface area contributed by atoms with Gasteiger partial charge >= 0.3 is 17.9 Å². The molecule has 0 fully saturated rings. The van der Waals surface area contributed by atoms with E-state index in [1.54, 1.807) is 0 Å². The van der Waals surface area contributed by atoms with E-state index in [0.717, 1.165) is 83.5 Å². The van der Waals surface area contributed by atoms with E-state index in [-0.39, 0.29) is 37.5 Å². The molecule has 0 N–H and O–H groups in total. The predicted molar refractivity (Wildman–Crippen MR) is 330 cm³/mol. The summed E-state index contributed by atoms with van der Waals surface area (Å²) in [6.45, 7) is 6.51. The van der Waals surface area contributed by atoms with Crippen molar-refractivity contribution in [2.24, 2.45) is 0 Å². The van der Waals surface area contributed by atoms with Crippen molar-refractivity contribution < 1.29 is 28.6 Å². The maximum Gasteiger partial charge on any atom is 0.306 e. The van der Waals surface area contributed by atoms with Crippen LogP contribution in [0.2, 0.25) is 0 Å². The largest absolute Gasteiger partial charge is 0.462 e. The maximum atomic E-state index is 12.9. The van der Waals surface area contributed by atoms with Crippen molar-refractivity contribution in [3.63, 3.8) is 0 Å². The van der Waals surface area contributed by atoms with Crippen LogP contribution in [-0.4, -0.2) is 37.2 Å². The van der Waals surface area contributed by atoms with Gasteiger partial charge in [-0.2, -0.15) is 0 Å². The highest BCUT2D eigenvalue weighted by Gasteiger charge is 2.19. The van der Waals surface area contributed by atoms with Gasteiger partial charge in [-0.15, -0.1) is 0 Å². The Labute approximate surface area is 472 Å². The van der Waals surface area contributed by atoms with Crippen LogP contribution >= 0.6 is 0 Å². The van der Waals surface area contributed by atoms with E-state index in [0.29, 0.717) is 19.3 Å². The van der Waals surface area contributed by atoms with Gasteiger partial charge in [-0.25, -0.2) is 0 Å². The number of esters is 3. The molecule has 0 aromatic heterocycles. The molecule has 0 aromatic rings. The number of hydrogen-bond donors (Lipinski definition) is 0. The van der Waals surface area contributed by atoms with Crippen molar-refractivity contribution >= 4 is 17.9 Å². The van der Waals surface area contributed by atoms with E-state index in [9.17, 15) is 14.4 Å². The SMILES string of the molecule is CC/C=C\C/C=C\C/C=C\C/C=C\CCCCC(=O)OC(COC(=O)CCCCCCCCCCCCCC)COC(=O)CCCCCCCCCCCCCCCCCCCCC/C=C\C/C=C\CCCCCCC. The fraction of sp³-hybridized carbons (Fsp3) is 0.786. The van der Waals surface area contributed by atoms with Gasteiger partial charge in [0.2, 0.25) is 0 Å². The Morgan fingerprint density at radius 3 is 0.829 bits per heavy atom. The molecule has 6 heteroatoms. The number of hydrogen-bond acceptors (Lipinski definition) is 6. The number of carbonyl (C=O) groups is 3. The van der Waals surface area contributed by atoms with Crippen LogP contribution in [0, 0.1) is 0 Å². The fourth-order valence-electron chi connectivity index (χ4n) is 9.53. The van der Waals surface area contributed by atoms with Gasteiger partial charge in [0.1, 0.15) is 13.2 Å². The van der Waals surface area contributed by atoms with E-state index in [2.05, 4.69) is 93.7 Å². The van der Waals surface area contributed by atoms with Gasteiger partial charge in [0.15, 0.2) is 6.10 Å². The summed E-state index contributed by atoms with van der Waals surface area (Å²) in [5.74, 6) is -0.915. The minimum Gasteiger partial charge on any atom is -0.462 e. The van der Waals surface area contributed by atoms with Crippen LogP contribution in [0.4, 0.5) is 0 Å². The maximum absolute atomic E-state index is 12.9. The Balaban J connectivity index is 4.16. The summed E-state index contributed by atoms with van der Waals surface area (Å²) >= 11 is 0. The van der Waals surface area contributed by atoms with Gasteiger partial charge in [-0.05, 0) is 89.9 Å². The van der Waals surface area contributed by atoms with E-state index in [1.165, 1.54) is 205 Å². The lowest BCUT2D eigenvalue weighted by atomic mass is 10.0. The van der Waals surface area contributed by atoms with Crippen molar-refractivity contribution in [3.05, 3.63) is 72.9 Å². The molecule has 0 aliphatic rings. The molecule has 0 amide bonds. The van der Waals surface area contributed by atoms with Crippen molar-refractivity contribution in [2.75, 3.05) is 13.2 Å². The van der Waals surface area contributed by atoms with Crippen molar-refractivity contribution in [2.45, 2.75) is 341 Å². The Hall–Kier alpha value is -3.15. The number of unbranched alkanes of at least 4 members (excludes halogenated alkanes) is 37. The summed E-state index contributed by atoms with van der Waals surface area (Å²) in [6, 6.07) is 0. The van der Waals surface area contributed by atoms with Crippen LogP contribution < -0.4 is 0 Å². The lowest BCUT2D eigenvalue weighted by Gasteiger charge is -2.18. The van der Waals surface area contributed by atoms with Gasteiger partial charge in [0, 0.05) is 19.3 Å². The molecule has 1 atom stereocenters. The predicted octanol–water partition coefficient (Wildman–Crippen LogP) is 22.5. The number of carbonyl (C=O) groups excluding carboxylic acids is 3. The molecule has 0 aromatic carbocycles. The van der Waals surface area contributed by atoms with Crippen molar-refractivity contribution in [1.29, 1.82) is 0 Å². The molecule has 1 unspecified atom stereocenters. The first-order valence-corrected chi connectivity index (χ1v) is 32.9. The molecular formula is C70H124O6. The molecule has 0 heterocycles. The summed E-state index contributed by atoms with van der Waals surface area (Å²) in [7, 11) is 0. The summed E-state index contributed by atoms with van der Waals surface area (Å²) in [5.41, 5.74) is 0. The average Bonchev–Trinajstić information content (AvgIpc) is 3.42. The topological polar surface area (TPSA) is 78.9 Å². The first-order chi connectivity index (χ1) is 37.5. The summed E-state index contributed by atoms with van der Waals surface area (Å²) in [4.78, 5) is 38.2. The minimum absolute atomic E-state index is 0.0880. The Morgan fingerprint density at radius 2 is 0.513 bits per heavy atom. The number of rotatable bonds is 60. The molecule has 440 valence electrons. The monoisotopic (exact) mass is 1060 g/mol. The third kappa shape index (κ3) is 61.7. The third-order valence-electron chi connectivity index (χ3n) is 14.4. The first kappa shape index (κ1) is 72.8. The van der Waals surface area contributed by atoms with Crippen LogP contribution in [0.3, 0.4) is 0 Å². The number of allylic oxidation sites excluding steroid dienone is 12. The molecule has 0 aliphatic carbocycles. The second kappa shape index (κ2) is 64.4. The van der Waals surface area contributed by atoms with E-state index >= 15 is 0 Å². The van der Waals surface area contributed by atoms with Crippen LogP contribution in [0.5, 0.6) is 0 Å². The minimum atomic E-state index is -0.794. The molecule has 0 bridgehead atoms. The summed E-state index contributed by atoms with van der Waals surface area (Å²) < 4.78 is 16.9. The normalized spacial score (nSPS) is 12.5. The number of ether oxygens (including phenoxy) is 3. The first-order valence-electron chi connectivity index (χ1n) is 32.9. The Morgan fingerprint density at radius 1 is 0.276 bits per heavy atom. The fourth-order valence-corrected chi connectivity index (χ4v) is 9.53. The Bertz CT molecular complexity index is 1400. The molecule has 0 saturated heterocycles. The lowest BCUT2D eigenvalue weighted by Crippen LogP contribution is -2.30. The molecule has 0 saturated carbocycles. The smallest absolute Gasteiger partial charge is 0.306 e. The molecule has 0 aliphatic heterocycles. The second-order valence-corrected chi connectivity index (χ2v) is 22.0. The Kier molecular flexibility index (Phi) is 61.7. The van der Waals surface area contributed by atoms with Crippen molar-refractivity contribution in [3.8, 4) is 0 Å². The van der Waals surface area contributed by atoms with Crippen LogP contribution in [0.1, 0.15) is 335 Å². The highest BCUT2D eigenvalue weighted by atomic mass is 16.6. The van der Waals surface area contributed by atoms with E-state index < -0.39 is 6.10 Å². The quantitative estimate of drug-likeness (QED) is 0.0261. The average molecular weight is 1060 g/mol. The molecular weight excluding hydrogens is 937 g/mol. The molecule has 0 spiro atoms. The lowest BCUT2D eigenvalue weighted by molar-refractivity contribution is -0.167. The highest BCUT2D eigenvalue weighted by molar-refractivity contribution is 5.71. The van der Waals surface area contributed by atoms with Gasteiger partial charge in [-0.1, -0.05) is 299 Å². The third-order valence-corrected chi connectivity index (χ3v) is 14.4. The van der Waals surface area contributed by atoms with Gasteiger partial charge in [0.25, 0.3) is 0 Å².